The van der Waals surface area contributed by atoms with E-state index in [1.807, 2.05) is 19.1 Å². The first-order valence-electron chi connectivity index (χ1n) is 26.3. The lowest BCUT2D eigenvalue weighted by Gasteiger charge is -2.40. The molecule has 0 aromatic rings. The number of carbonyl (C=O) groups excluding carboxylic acids is 1. The van der Waals surface area contributed by atoms with Gasteiger partial charge in [0, 0.05) is 6.42 Å². The maximum Gasteiger partial charge on any atom is 0.220 e. The molecule has 0 radical (unpaired) electrons. The smallest absolute Gasteiger partial charge is 0.220 e. The molecule has 1 aliphatic heterocycles. The predicted octanol–water partition coefficient (Wildman–Crippen LogP) is 12.2. The number of nitrogens with one attached hydrogen (secondary N) is 1. The van der Waals surface area contributed by atoms with Gasteiger partial charge in [-0.1, -0.05) is 210 Å². The Morgan fingerprint density at radius 1 is 0.556 bits per heavy atom. The number of aliphatic hydroxyl groups excluding tert-OH is 5. The molecular formula is C54H99NO8. The van der Waals surface area contributed by atoms with Crippen LogP contribution in [0.5, 0.6) is 0 Å². The minimum atomic E-state index is -1.57. The van der Waals surface area contributed by atoms with Crippen LogP contribution in [0.2, 0.25) is 0 Å². The molecule has 9 nitrogen and oxygen atoms in total. The Kier molecular flexibility index (Phi) is 41.3. The van der Waals surface area contributed by atoms with Crippen molar-refractivity contribution in [2.75, 3.05) is 13.2 Å². The van der Waals surface area contributed by atoms with Crippen molar-refractivity contribution in [3.63, 3.8) is 0 Å². The molecule has 0 saturated carbocycles. The number of amides is 1. The van der Waals surface area contributed by atoms with Crippen molar-refractivity contribution in [3.05, 3.63) is 48.6 Å². The van der Waals surface area contributed by atoms with Crippen LogP contribution in [0.15, 0.2) is 48.6 Å². The summed E-state index contributed by atoms with van der Waals surface area (Å²) in [5.41, 5.74) is 0. The molecule has 7 unspecified atom stereocenters. The highest BCUT2D eigenvalue weighted by molar-refractivity contribution is 5.76. The third-order valence-corrected chi connectivity index (χ3v) is 12.4. The third kappa shape index (κ3) is 34.2. The number of ether oxygens (including phenoxy) is 2. The minimum absolute atomic E-state index is 0.193. The lowest BCUT2D eigenvalue weighted by Crippen LogP contribution is -2.60. The minimum Gasteiger partial charge on any atom is -0.394 e. The maximum absolute atomic E-state index is 12.9. The van der Waals surface area contributed by atoms with Crippen molar-refractivity contribution >= 4 is 5.91 Å². The van der Waals surface area contributed by atoms with Gasteiger partial charge in [0.15, 0.2) is 6.29 Å². The number of allylic oxidation sites excluding steroid dienone is 7. The fraction of sp³-hybridized carbons (Fsp3) is 0.833. The second kappa shape index (κ2) is 44.0. The molecule has 1 amide bonds. The normalized spacial score (nSPS) is 20.5. The predicted molar refractivity (Wildman–Crippen MR) is 263 cm³/mol. The van der Waals surface area contributed by atoms with Gasteiger partial charge in [0.1, 0.15) is 24.4 Å². The first-order valence-corrected chi connectivity index (χ1v) is 26.3. The van der Waals surface area contributed by atoms with Crippen LogP contribution in [0.3, 0.4) is 0 Å². The monoisotopic (exact) mass is 890 g/mol. The largest absolute Gasteiger partial charge is 0.394 e. The topological polar surface area (TPSA) is 149 Å². The van der Waals surface area contributed by atoms with Gasteiger partial charge in [0.25, 0.3) is 0 Å². The summed E-state index contributed by atoms with van der Waals surface area (Å²) in [4.78, 5) is 12.9. The fourth-order valence-corrected chi connectivity index (χ4v) is 8.25. The lowest BCUT2D eigenvalue weighted by molar-refractivity contribution is -0.302. The zero-order valence-electron chi connectivity index (χ0n) is 40.6. The average Bonchev–Trinajstić information content (AvgIpc) is 3.28. The zero-order valence-corrected chi connectivity index (χ0v) is 40.6. The number of aliphatic hydroxyl groups is 5. The summed E-state index contributed by atoms with van der Waals surface area (Å²) in [6.07, 6.45) is 50.8. The number of hydrogen-bond acceptors (Lipinski definition) is 8. The van der Waals surface area contributed by atoms with Gasteiger partial charge in [-0.15, -0.1) is 0 Å². The Bertz CT molecular complexity index is 1130. The first-order chi connectivity index (χ1) is 30.8. The summed E-state index contributed by atoms with van der Waals surface area (Å²) < 4.78 is 11.2. The molecule has 1 heterocycles. The van der Waals surface area contributed by atoms with E-state index in [0.717, 1.165) is 44.9 Å². The number of carbonyl (C=O) groups is 1. The average molecular weight is 890 g/mol. The van der Waals surface area contributed by atoms with E-state index in [2.05, 4.69) is 42.6 Å². The highest BCUT2D eigenvalue weighted by Crippen LogP contribution is 2.23. The second-order valence-corrected chi connectivity index (χ2v) is 18.3. The highest BCUT2D eigenvalue weighted by atomic mass is 16.7. The first kappa shape index (κ1) is 59.2. The Labute approximate surface area is 386 Å². The molecule has 63 heavy (non-hydrogen) atoms. The molecule has 1 aliphatic rings. The van der Waals surface area contributed by atoms with Crippen LogP contribution in [-0.4, -0.2) is 87.5 Å². The molecular weight excluding hydrogens is 791 g/mol. The molecule has 7 atom stereocenters. The standard InChI is InChI=1S/C54H99NO8/c1-3-5-7-9-11-13-14-15-16-17-18-19-20-21-22-23-24-25-26-27-28-29-30-31-32-33-34-36-38-40-42-44-50(58)55-47(48(57)43-41-39-37-35-12-10-8-6-4-2)46-62-54-53(61)52(60)51(59)49(45-56)63-54/h4,6,12,21-22,35,41,43,47-49,51-54,56-57,59-61H,3,5,7-11,13-20,23-34,36-40,42,44-46H2,1-2H3,(H,55,58)/b6-4+,22-21-,35-12+,43-41+. The van der Waals surface area contributed by atoms with Crippen molar-refractivity contribution in [2.45, 2.75) is 275 Å². The summed E-state index contributed by atoms with van der Waals surface area (Å²) in [5, 5.41) is 54.0. The highest BCUT2D eigenvalue weighted by Gasteiger charge is 2.44. The van der Waals surface area contributed by atoms with Gasteiger partial charge < -0.3 is 40.3 Å². The van der Waals surface area contributed by atoms with Crippen molar-refractivity contribution in [2.24, 2.45) is 0 Å². The quantitative estimate of drug-likeness (QED) is 0.0262. The van der Waals surface area contributed by atoms with E-state index in [-0.39, 0.29) is 12.5 Å². The molecule has 0 spiro atoms. The van der Waals surface area contributed by atoms with Gasteiger partial charge in [-0.2, -0.15) is 0 Å². The molecule has 0 aromatic carbocycles. The molecule has 1 rings (SSSR count). The zero-order chi connectivity index (χ0) is 45.9. The van der Waals surface area contributed by atoms with Crippen LogP contribution in [0, 0.1) is 0 Å². The van der Waals surface area contributed by atoms with Crippen LogP contribution >= 0.6 is 0 Å². The van der Waals surface area contributed by atoms with E-state index in [0.29, 0.717) is 6.42 Å². The van der Waals surface area contributed by atoms with Gasteiger partial charge in [-0.3, -0.25) is 4.79 Å². The summed E-state index contributed by atoms with van der Waals surface area (Å²) in [5.74, 6) is -0.193. The molecule has 368 valence electrons. The molecule has 9 heteroatoms. The number of rotatable bonds is 44. The van der Waals surface area contributed by atoms with Gasteiger partial charge >= 0.3 is 0 Å². The van der Waals surface area contributed by atoms with Gasteiger partial charge in [-0.25, -0.2) is 0 Å². The van der Waals surface area contributed by atoms with E-state index >= 15 is 0 Å². The number of unbranched alkanes of at least 4 members (excludes halogenated alkanes) is 29. The van der Waals surface area contributed by atoms with Crippen LogP contribution in [0.25, 0.3) is 0 Å². The van der Waals surface area contributed by atoms with Crippen LogP contribution in [0.4, 0.5) is 0 Å². The lowest BCUT2D eigenvalue weighted by atomic mass is 9.99. The van der Waals surface area contributed by atoms with Crippen LogP contribution in [0.1, 0.15) is 232 Å². The van der Waals surface area contributed by atoms with Crippen molar-refractivity contribution in [1.82, 2.24) is 5.32 Å². The summed E-state index contributed by atoms with van der Waals surface area (Å²) in [6, 6.07) is -0.825. The van der Waals surface area contributed by atoms with Crippen molar-refractivity contribution in [3.8, 4) is 0 Å². The summed E-state index contributed by atoms with van der Waals surface area (Å²) in [6.45, 7) is 3.52. The summed E-state index contributed by atoms with van der Waals surface area (Å²) >= 11 is 0. The molecule has 6 N–H and O–H groups in total. The van der Waals surface area contributed by atoms with E-state index in [4.69, 9.17) is 9.47 Å². The van der Waals surface area contributed by atoms with Crippen LogP contribution < -0.4 is 5.32 Å². The van der Waals surface area contributed by atoms with E-state index in [1.54, 1.807) is 6.08 Å². The second-order valence-electron chi connectivity index (χ2n) is 18.3. The van der Waals surface area contributed by atoms with Gasteiger partial charge in [-0.05, 0) is 64.7 Å². The van der Waals surface area contributed by atoms with Crippen LogP contribution in [-0.2, 0) is 14.3 Å². The summed E-state index contributed by atoms with van der Waals surface area (Å²) in [7, 11) is 0. The fourth-order valence-electron chi connectivity index (χ4n) is 8.25. The third-order valence-electron chi connectivity index (χ3n) is 12.4. The SMILES string of the molecule is C/C=C/CC/C=C/CC/C=C/C(O)C(COC1OC(CO)C(O)C(O)C1O)NC(=O)CCCCCCCCCCCCCCCCC/C=C\CCCCCCCCCCCCCC. The molecule has 1 saturated heterocycles. The Hall–Kier alpha value is -1.85. The molecule has 0 aromatic heterocycles. The van der Waals surface area contributed by atoms with E-state index in [9.17, 15) is 30.3 Å². The maximum atomic E-state index is 12.9. The molecule has 0 aliphatic carbocycles. The van der Waals surface area contributed by atoms with E-state index in [1.165, 1.54) is 167 Å². The van der Waals surface area contributed by atoms with E-state index < -0.39 is 49.5 Å². The molecule has 1 fully saturated rings. The Balaban J connectivity index is 2.10. The Morgan fingerprint density at radius 3 is 1.43 bits per heavy atom. The Morgan fingerprint density at radius 2 is 0.968 bits per heavy atom. The number of hydrogen-bond donors (Lipinski definition) is 6. The molecule has 0 bridgehead atoms. The van der Waals surface area contributed by atoms with Gasteiger partial charge in [0.2, 0.25) is 5.91 Å². The van der Waals surface area contributed by atoms with Crippen molar-refractivity contribution < 1.29 is 39.8 Å². The van der Waals surface area contributed by atoms with Gasteiger partial charge in [0.05, 0.1) is 25.4 Å². The van der Waals surface area contributed by atoms with Crippen molar-refractivity contribution in [1.29, 1.82) is 0 Å².